The number of imidazole rings is 1. The first-order valence-corrected chi connectivity index (χ1v) is 9.97. The Morgan fingerprint density at radius 2 is 2.14 bits per heavy atom. The third-order valence-corrected chi connectivity index (χ3v) is 4.89. The predicted octanol–water partition coefficient (Wildman–Crippen LogP) is 1.51. The van der Waals surface area contributed by atoms with E-state index in [0.717, 1.165) is 37.6 Å². The van der Waals surface area contributed by atoms with Crippen LogP contribution in [0, 0.1) is 0 Å². The van der Waals surface area contributed by atoms with E-state index in [9.17, 15) is 4.79 Å². The number of carbonyl (C=O) groups excluding carboxylic acids is 1. The van der Waals surface area contributed by atoms with Gasteiger partial charge in [0.1, 0.15) is 11.6 Å². The molecule has 0 saturated carbocycles. The molecule has 0 bridgehead atoms. The van der Waals surface area contributed by atoms with Gasteiger partial charge in [-0.2, -0.15) is 0 Å². The highest BCUT2D eigenvalue weighted by atomic mass is 16.5. The third-order valence-electron chi connectivity index (χ3n) is 4.89. The number of aryl methyl sites for hydroxylation is 1. The van der Waals surface area contributed by atoms with Gasteiger partial charge in [0, 0.05) is 45.6 Å². The minimum absolute atomic E-state index is 0.0564. The minimum atomic E-state index is 0.0564. The third kappa shape index (κ3) is 5.56. The topological polar surface area (TPSA) is 71.4 Å². The molecule has 0 spiro atoms. The number of nitrogens with one attached hydrogen (secondary N) is 2. The van der Waals surface area contributed by atoms with Gasteiger partial charge in [0.05, 0.1) is 18.7 Å². The molecule has 1 aromatic heterocycles. The summed E-state index contributed by atoms with van der Waals surface area (Å²) in [5.41, 5.74) is 1.18. The smallest absolute Gasteiger partial charge is 0.234 e. The van der Waals surface area contributed by atoms with Crippen molar-refractivity contribution in [3.63, 3.8) is 0 Å². The van der Waals surface area contributed by atoms with Gasteiger partial charge in [0.25, 0.3) is 0 Å². The molecule has 0 radical (unpaired) electrons. The summed E-state index contributed by atoms with van der Waals surface area (Å²) in [7, 11) is 1.99. The van der Waals surface area contributed by atoms with Crippen LogP contribution >= 0.6 is 0 Å². The quantitative estimate of drug-likeness (QED) is 0.721. The van der Waals surface area contributed by atoms with Crippen molar-refractivity contribution < 1.29 is 9.53 Å². The van der Waals surface area contributed by atoms with Crippen molar-refractivity contribution in [2.24, 2.45) is 7.05 Å². The van der Waals surface area contributed by atoms with Crippen LogP contribution in [0.2, 0.25) is 0 Å². The lowest BCUT2D eigenvalue weighted by Gasteiger charge is -2.35. The number of hydrogen-bond acceptors (Lipinski definition) is 5. The summed E-state index contributed by atoms with van der Waals surface area (Å²) in [6.45, 7) is 7.58. The van der Waals surface area contributed by atoms with E-state index in [4.69, 9.17) is 4.74 Å². The molecule has 1 aromatic carbocycles. The molecular weight excluding hydrogens is 354 g/mol. The fourth-order valence-corrected chi connectivity index (χ4v) is 3.48. The van der Waals surface area contributed by atoms with E-state index >= 15 is 0 Å². The van der Waals surface area contributed by atoms with Gasteiger partial charge < -0.3 is 19.9 Å². The van der Waals surface area contributed by atoms with Crippen LogP contribution in [-0.4, -0.2) is 59.2 Å². The normalized spacial score (nSPS) is 17.6. The molecule has 1 aliphatic rings. The molecule has 0 aliphatic carbocycles. The number of hydrogen-bond donors (Lipinski definition) is 2. The monoisotopic (exact) mass is 385 g/mol. The maximum atomic E-state index is 12.5. The molecule has 2 aromatic rings. The summed E-state index contributed by atoms with van der Waals surface area (Å²) in [4.78, 5) is 19.1. The van der Waals surface area contributed by atoms with E-state index in [1.54, 1.807) is 6.20 Å². The number of benzene rings is 1. The van der Waals surface area contributed by atoms with Crippen molar-refractivity contribution in [1.29, 1.82) is 0 Å². The molecule has 1 amide bonds. The van der Waals surface area contributed by atoms with E-state index in [-0.39, 0.29) is 18.1 Å². The van der Waals surface area contributed by atoms with Crippen LogP contribution in [0.15, 0.2) is 36.7 Å². The number of nitrogens with zero attached hydrogens (tertiary/aromatic N) is 3. The van der Waals surface area contributed by atoms with Gasteiger partial charge in [-0.25, -0.2) is 4.98 Å². The predicted molar refractivity (Wildman–Crippen MR) is 109 cm³/mol. The second-order valence-electron chi connectivity index (χ2n) is 7.50. The zero-order chi connectivity index (χ0) is 19.9. The minimum Gasteiger partial charge on any atom is -0.491 e. The van der Waals surface area contributed by atoms with E-state index in [1.165, 1.54) is 5.56 Å². The Morgan fingerprint density at radius 1 is 1.36 bits per heavy atom. The summed E-state index contributed by atoms with van der Waals surface area (Å²) >= 11 is 0. The van der Waals surface area contributed by atoms with Crippen molar-refractivity contribution in [2.75, 3.05) is 32.7 Å². The lowest BCUT2D eigenvalue weighted by Crippen LogP contribution is -2.50. The fraction of sp³-hybridized carbons (Fsp3) is 0.524. The molecule has 28 heavy (non-hydrogen) atoms. The average Bonchev–Trinajstić information content (AvgIpc) is 3.09. The molecule has 2 heterocycles. The summed E-state index contributed by atoms with van der Waals surface area (Å²) in [6, 6.07) is 8.19. The number of rotatable bonds is 8. The summed E-state index contributed by atoms with van der Waals surface area (Å²) in [6.07, 6.45) is 4.72. The molecule has 1 atom stereocenters. The first kappa shape index (κ1) is 20.4. The van der Waals surface area contributed by atoms with Crippen LogP contribution in [0.1, 0.15) is 31.3 Å². The van der Waals surface area contributed by atoms with E-state index in [2.05, 4.69) is 32.7 Å². The van der Waals surface area contributed by atoms with Gasteiger partial charge in [0.2, 0.25) is 5.91 Å². The molecule has 1 aliphatic heterocycles. The first-order chi connectivity index (χ1) is 13.5. The van der Waals surface area contributed by atoms with Crippen LogP contribution < -0.4 is 15.4 Å². The highest BCUT2D eigenvalue weighted by molar-refractivity contribution is 5.78. The number of ether oxygens (including phenoxy) is 1. The first-order valence-electron chi connectivity index (χ1n) is 9.97. The number of amides is 1. The zero-order valence-corrected chi connectivity index (χ0v) is 17.0. The molecule has 1 unspecified atom stereocenters. The molecule has 1 saturated heterocycles. The van der Waals surface area contributed by atoms with Crippen molar-refractivity contribution in [1.82, 2.24) is 25.1 Å². The maximum absolute atomic E-state index is 12.5. The Kier molecular flexibility index (Phi) is 7.06. The summed E-state index contributed by atoms with van der Waals surface area (Å²) in [5, 5.41) is 6.44. The van der Waals surface area contributed by atoms with Gasteiger partial charge in [-0.1, -0.05) is 12.1 Å². The number of carbonyl (C=O) groups is 1. The van der Waals surface area contributed by atoms with Crippen LogP contribution in [-0.2, 0) is 18.3 Å². The van der Waals surface area contributed by atoms with Gasteiger partial charge in [0.15, 0.2) is 0 Å². The second kappa shape index (κ2) is 9.71. The Bertz CT molecular complexity index is 756. The molecule has 7 heteroatoms. The number of aromatic nitrogens is 2. The van der Waals surface area contributed by atoms with Crippen LogP contribution in [0.5, 0.6) is 5.75 Å². The molecule has 7 nitrogen and oxygen atoms in total. The summed E-state index contributed by atoms with van der Waals surface area (Å²) < 4.78 is 7.68. The Balaban J connectivity index is 1.46. The Labute approximate surface area is 167 Å². The van der Waals surface area contributed by atoms with Crippen LogP contribution in [0.3, 0.4) is 0 Å². The molecular formula is C21H31N5O2. The van der Waals surface area contributed by atoms with E-state index in [1.807, 2.05) is 43.8 Å². The Hall–Kier alpha value is -2.38. The zero-order valence-electron chi connectivity index (χ0n) is 17.0. The van der Waals surface area contributed by atoms with Crippen molar-refractivity contribution in [3.8, 4) is 5.75 Å². The summed E-state index contributed by atoms with van der Waals surface area (Å²) in [5.74, 6) is 1.92. The largest absolute Gasteiger partial charge is 0.491 e. The van der Waals surface area contributed by atoms with Gasteiger partial charge in [-0.15, -0.1) is 0 Å². The van der Waals surface area contributed by atoms with Gasteiger partial charge in [-0.3, -0.25) is 9.69 Å². The standard InChI is InChI=1S/C21H31N5O2/c1-16(2)28-18-6-4-17(5-7-18)8-9-23-20(27)15-26-13-10-22-14-19(26)21-24-11-12-25(21)3/h4-7,11-12,16,19,22H,8-10,13-15H2,1-3H3,(H,23,27). The SMILES string of the molecule is CC(C)Oc1ccc(CCNC(=O)CN2CCNCC2c2nccn2C)cc1. The fourth-order valence-electron chi connectivity index (χ4n) is 3.48. The molecule has 1 fully saturated rings. The van der Waals surface area contributed by atoms with Crippen molar-refractivity contribution >= 4 is 5.91 Å². The molecule has 2 N–H and O–H groups in total. The van der Waals surface area contributed by atoms with Crippen molar-refractivity contribution in [3.05, 3.63) is 48.0 Å². The Morgan fingerprint density at radius 3 is 2.82 bits per heavy atom. The number of piperazine rings is 1. The van der Waals surface area contributed by atoms with Gasteiger partial charge >= 0.3 is 0 Å². The highest BCUT2D eigenvalue weighted by Gasteiger charge is 2.28. The van der Waals surface area contributed by atoms with Crippen LogP contribution in [0.25, 0.3) is 0 Å². The molecule has 3 rings (SSSR count). The highest BCUT2D eigenvalue weighted by Crippen LogP contribution is 2.19. The lowest BCUT2D eigenvalue weighted by atomic mass is 10.1. The van der Waals surface area contributed by atoms with Crippen LogP contribution in [0.4, 0.5) is 0 Å². The lowest BCUT2D eigenvalue weighted by molar-refractivity contribution is -0.123. The van der Waals surface area contributed by atoms with E-state index in [0.29, 0.717) is 13.1 Å². The molecule has 152 valence electrons. The average molecular weight is 386 g/mol. The maximum Gasteiger partial charge on any atom is 0.234 e. The van der Waals surface area contributed by atoms with E-state index < -0.39 is 0 Å². The van der Waals surface area contributed by atoms with Crippen molar-refractivity contribution in [2.45, 2.75) is 32.4 Å². The van der Waals surface area contributed by atoms with Gasteiger partial charge in [-0.05, 0) is 38.0 Å². The second-order valence-corrected chi connectivity index (χ2v) is 7.50.